The molecule has 4 heteroatoms. The van der Waals surface area contributed by atoms with Gasteiger partial charge < -0.3 is 0 Å². The predicted octanol–water partition coefficient (Wildman–Crippen LogP) is 13.4. The Morgan fingerprint density at radius 3 is 1.48 bits per heavy atom. The molecular formula is C48H58N4. The average Bonchev–Trinajstić information content (AvgIpc) is 3.74. The van der Waals surface area contributed by atoms with Crippen molar-refractivity contribution in [3.63, 3.8) is 0 Å². The first kappa shape index (κ1) is 37.1. The van der Waals surface area contributed by atoms with Crippen LogP contribution in [0.4, 0.5) is 0 Å². The highest BCUT2D eigenvalue weighted by Crippen LogP contribution is 2.34. The molecule has 4 aromatic carbocycles. The molecule has 0 atom stereocenters. The summed E-state index contributed by atoms with van der Waals surface area (Å²) in [6.45, 7) is 9.54. The van der Waals surface area contributed by atoms with Crippen LogP contribution in [0, 0.1) is 33.6 Å². The minimum atomic E-state index is 0. The number of rotatable bonds is 7. The van der Waals surface area contributed by atoms with E-state index in [9.17, 15) is 0 Å². The summed E-state index contributed by atoms with van der Waals surface area (Å²) < 4.78 is 4.53. The van der Waals surface area contributed by atoms with E-state index in [1.807, 2.05) is 0 Å². The quantitative estimate of drug-likeness (QED) is 0.167. The fourth-order valence-electron chi connectivity index (χ4n) is 8.18. The Hall–Kier alpha value is -4.70. The molecule has 4 nitrogen and oxygen atoms in total. The van der Waals surface area contributed by atoms with Crippen LogP contribution in [0.15, 0.2) is 109 Å². The highest BCUT2D eigenvalue weighted by atomic mass is 15.3. The average molecular weight is 691 g/mol. The van der Waals surface area contributed by atoms with Gasteiger partial charge in [0, 0.05) is 6.54 Å². The summed E-state index contributed by atoms with van der Waals surface area (Å²) >= 11 is 0. The number of aryl methyl sites for hydroxylation is 4. The fourth-order valence-corrected chi connectivity index (χ4v) is 8.18. The lowest BCUT2D eigenvalue weighted by Crippen LogP contribution is -2.15. The molecule has 2 aromatic heterocycles. The van der Waals surface area contributed by atoms with Gasteiger partial charge in [-0.25, -0.2) is 0 Å². The molecule has 2 fully saturated rings. The first-order valence-corrected chi connectivity index (χ1v) is 19.4. The first-order valence-electron chi connectivity index (χ1n) is 19.4. The van der Waals surface area contributed by atoms with E-state index in [1.165, 1.54) is 120 Å². The van der Waals surface area contributed by atoms with Gasteiger partial charge in [0.2, 0.25) is 0 Å². The molecule has 0 N–H and O–H groups in total. The van der Waals surface area contributed by atoms with E-state index >= 15 is 0 Å². The molecule has 2 aliphatic carbocycles. The molecule has 52 heavy (non-hydrogen) atoms. The van der Waals surface area contributed by atoms with Crippen LogP contribution in [0.2, 0.25) is 0 Å². The number of hydrogen-bond donors (Lipinski definition) is 0. The topological polar surface area (TPSA) is 35.6 Å². The van der Waals surface area contributed by atoms with Crippen LogP contribution < -0.4 is 0 Å². The monoisotopic (exact) mass is 690 g/mol. The van der Waals surface area contributed by atoms with E-state index in [4.69, 9.17) is 10.2 Å². The van der Waals surface area contributed by atoms with Crippen LogP contribution in [0.1, 0.15) is 100 Å². The van der Waals surface area contributed by atoms with Crippen LogP contribution in [0.3, 0.4) is 0 Å². The molecule has 0 radical (unpaired) electrons. The Morgan fingerprint density at radius 2 is 0.942 bits per heavy atom. The SMILES string of the molecule is C.Cc1cccc(-c2ccc(-c3cc(C)nn3C3CCCCC3)cc2)c1.Cc1cccc(-c2ccc(-c3cc(C)nn3CC3CCCCC3)cc2)c1. The second kappa shape index (κ2) is 17.2. The minimum Gasteiger partial charge on any atom is -0.264 e. The summed E-state index contributed by atoms with van der Waals surface area (Å²) in [6.07, 6.45) is 13.4. The normalized spacial score (nSPS) is 15.1. The van der Waals surface area contributed by atoms with Gasteiger partial charge in [-0.1, -0.05) is 154 Å². The maximum atomic E-state index is 4.82. The van der Waals surface area contributed by atoms with Crippen molar-refractivity contribution in [3.05, 3.63) is 132 Å². The lowest BCUT2D eigenvalue weighted by atomic mass is 9.89. The van der Waals surface area contributed by atoms with Gasteiger partial charge in [-0.15, -0.1) is 0 Å². The Morgan fingerprint density at radius 1 is 0.481 bits per heavy atom. The zero-order chi connectivity index (χ0) is 35.2. The summed E-state index contributed by atoms with van der Waals surface area (Å²) in [6, 6.07) is 40.3. The van der Waals surface area contributed by atoms with Gasteiger partial charge in [0.1, 0.15) is 0 Å². The van der Waals surface area contributed by atoms with Crippen molar-refractivity contribution in [1.29, 1.82) is 0 Å². The smallest absolute Gasteiger partial charge is 0.0688 e. The third-order valence-electron chi connectivity index (χ3n) is 10.9. The van der Waals surface area contributed by atoms with Crippen LogP contribution in [0.5, 0.6) is 0 Å². The third kappa shape index (κ3) is 9.02. The molecule has 0 unspecified atom stereocenters. The number of aromatic nitrogens is 4. The standard InChI is InChI=1S/C24H28N2.C23H26N2.CH4/c1-18-7-6-10-23(15-18)21-11-13-22(14-12-21)24-16-19(2)25-26(24)17-20-8-4-3-5-9-20;1-17-7-6-8-21(15-17)19-11-13-20(14-12-19)23-16-18(2)24-25(23)22-9-4-3-5-10-22;/h6-7,10-16,20H,3-5,8-9,17H2,1-2H3;6-8,11-16,22H,3-5,9-10H2,1-2H3;1H4. The van der Waals surface area contributed by atoms with Gasteiger partial charge in [0.25, 0.3) is 0 Å². The summed E-state index contributed by atoms with van der Waals surface area (Å²) in [5.41, 5.74) is 15.0. The molecule has 0 amide bonds. The Labute approximate surface area is 313 Å². The molecule has 0 spiro atoms. The van der Waals surface area contributed by atoms with Gasteiger partial charge in [-0.3, -0.25) is 9.36 Å². The van der Waals surface area contributed by atoms with Gasteiger partial charge in [0.05, 0.1) is 28.8 Å². The van der Waals surface area contributed by atoms with E-state index in [0.717, 1.165) is 23.9 Å². The highest BCUT2D eigenvalue weighted by Gasteiger charge is 2.20. The van der Waals surface area contributed by atoms with Crippen molar-refractivity contribution < 1.29 is 0 Å². The van der Waals surface area contributed by atoms with E-state index in [2.05, 4.69) is 146 Å². The van der Waals surface area contributed by atoms with Crippen molar-refractivity contribution in [1.82, 2.24) is 19.6 Å². The predicted molar refractivity (Wildman–Crippen MR) is 221 cm³/mol. The van der Waals surface area contributed by atoms with Crippen molar-refractivity contribution in [2.45, 2.75) is 112 Å². The molecular weight excluding hydrogens is 633 g/mol. The van der Waals surface area contributed by atoms with Crippen molar-refractivity contribution in [2.24, 2.45) is 5.92 Å². The summed E-state index contributed by atoms with van der Waals surface area (Å²) in [5, 5.41) is 9.61. The zero-order valence-electron chi connectivity index (χ0n) is 31.1. The molecule has 0 saturated heterocycles. The lowest BCUT2D eigenvalue weighted by Gasteiger charge is -2.24. The van der Waals surface area contributed by atoms with Crippen LogP contribution >= 0.6 is 0 Å². The second-order valence-corrected chi connectivity index (χ2v) is 15.2. The number of hydrogen-bond acceptors (Lipinski definition) is 2. The van der Waals surface area contributed by atoms with E-state index in [1.54, 1.807) is 0 Å². The fraction of sp³-hybridized carbons (Fsp3) is 0.375. The molecule has 0 bridgehead atoms. The van der Waals surface area contributed by atoms with Crippen molar-refractivity contribution in [3.8, 4) is 44.8 Å². The van der Waals surface area contributed by atoms with Gasteiger partial charge in [-0.2, -0.15) is 10.2 Å². The molecule has 8 rings (SSSR count). The summed E-state index contributed by atoms with van der Waals surface area (Å²) in [5.74, 6) is 0.786. The molecule has 0 aliphatic heterocycles. The Bertz CT molecular complexity index is 2020. The van der Waals surface area contributed by atoms with Gasteiger partial charge in [-0.05, 0) is 105 Å². The van der Waals surface area contributed by atoms with E-state index in [0.29, 0.717) is 6.04 Å². The summed E-state index contributed by atoms with van der Waals surface area (Å²) in [4.78, 5) is 0. The van der Waals surface area contributed by atoms with E-state index < -0.39 is 0 Å². The van der Waals surface area contributed by atoms with Crippen LogP contribution in [-0.2, 0) is 6.54 Å². The van der Waals surface area contributed by atoms with Crippen molar-refractivity contribution in [2.75, 3.05) is 0 Å². The largest absolute Gasteiger partial charge is 0.264 e. The molecule has 2 saturated carbocycles. The van der Waals surface area contributed by atoms with Gasteiger partial charge in [0.15, 0.2) is 0 Å². The van der Waals surface area contributed by atoms with Gasteiger partial charge >= 0.3 is 0 Å². The molecule has 2 heterocycles. The maximum Gasteiger partial charge on any atom is 0.0688 e. The zero-order valence-corrected chi connectivity index (χ0v) is 31.1. The third-order valence-corrected chi connectivity index (χ3v) is 10.9. The van der Waals surface area contributed by atoms with E-state index in [-0.39, 0.29) is 7.43 Å². The molecule has 2 aliphatic rings. The molecule has 270 valence electrons. The first-order chi connectivity index (χ1) is 24.9. The maximum absolute atomic E-state index is 4.82. The van der Waals surface area contributed by atoms with Crippen molar-refractivity contribution >= 4 is 0 Å². The minimum absolute atomic E-state index is 0. The second-order valence-electron chi connectivity index (χ2n) is 15.2. The summed E-state index contributed by atoms with van der Waals surface area (Å²) in [7, 11) is 0. The number of nitrogens with zero attached hydrogens (tertiary/aromatic N) is 4. The Kier molecular flexibility index (Phi) is 12.3. The van der Waals surface area contributed by atoms with Crippen LogP contribution in [0.25, 0.3) is 44.8 Å². The Balaban J connectivity index is 0.000000175. The lowest BCUT2D eigenvalue weighted by molar-refractivity contribution is 0.309. The van der Waals surface area contributed by atoms with Crippen LogP contribution in [-0.4, -0.2) is 19.6 Å². The molecule has 6 aromatic rings. The highest BCUT2D eigenvalue weighted by molar-refractivity contribution is 5.71. The number of benzene rings is 4.